The number of benzene rings is 1. The maximum absolute atomic E-state index is 13.6. The first-order valence-electron chi connectivity index (χ1n) is 12.0. The molecule has 1 atom stereocenters. The molecule has 0 aliphatic carbocycles. The van der Waals surface area contributed by atoms with Crippen molar-refractivity contribution in [1.29, 1.82) is 0 Å². The van der Waals surface area contributed by atoms with Crippen LogP contribution in [-0.2, 0) is 19.7 Å². The van der Waals surface area contributed by atoms with Crippen LogP contribution in [0.1, 0.15) is 53.3 Å². The fourth-order valence-electron chi connectivity index (χ4n) is 4.36. The van der Waals surface area contributed by atoms with Gasteiger partial charge in [0, 0.05) is 29.5 Å². The summed E-state index contributed by atoms with van der Waals surface area (Å²) in [7, 11) is 1.59. The molecule has 1 aliphatic rings. The number of thioether (sulfide) groups is 1. The van der Waals surface area contributed by atoms with Gasteiger partial charge in [0.1, 0.15) is 12.4 Å². The number of fused-ring (bicyclic) bond motifs is 1. The quantitative estimate of drug-likeness (QED) is 0.449. The van der Waals surface area contributed by atoms with Gasteiger partial charge in [-0.05, 0) is 42.5 Å². The monoisotopic (exact) mass is 526 g/mol. The summed E-state index contributed by atoms with van der Waals surface area (Å²) in [4.78, 5) is 29.4. The molecule has 1 aliphatic heterocycles. The molecular formula is C27H34N4O3S2. The molecule has 0 radical (unpaired) electrons. The summed E-state index contributed by atoms with van der Waals surface area (Å²) in [5.74, 6) is 0.633. The second kappa shape index (κ2) is 10.8. The third kappa shape index (κ3) is 5.23. The second-order valence-electron chi connectivity index (χ2n) is 10.00. The van der Waals surface area contributed by atoms with E-state index in [2.05, 4.69) is 57.4 Å². The lowest BCUT2D eigenvalue weighted by Gasteiger charge is -2.24. The number of nitrogens with one attached hydrogen (secondary N) is 1. The standard InChI is InChI=1S/C27H34N4O3S2/c1-17-9-7-10-19(18(17)2)31-26-23(25(29-31)27(3,4)5)24(20-11-8-14-35-20)36-16-22(33)30(26)15-21(32)28-12-13-34-6/h7-11,14,24H,12-13,15-16H2,1-6H3,(H,28,32)/t24-/m1/s1. The summed E-state index contributed by atoms with van der Waals surface area (Å²) in [6, 6.07) is 10.3. The summed E-state index contributed by atoms with van der Waals surface area (Å²) >= 11 is 3.29. The Morgan fingerprint density at radius 2 is 2.00 bits per heavy atom. The van der Waals surface area contributed by atoms with Gasteiger partial charge in [-0.3, -0.25) is 14.5 Å². The average Bonchev–Trinajstić information content (AvgIpc) is 3.46. The Morgan fingerprint density at radius 1 is 1.22 bits per heavy atom. The highest BCUT2D eigenvalue weighted by atomic mass is 32.2. The van der Waals surface area contributed by atoms with E-state index in [0.29, 0.717) is 19.0 Å². The van der Waals surface area contributed by atoms with Gasteiger partial charge in [0.15, 0.2) is 0 Å². The van der Waals surface area contributed by atoms with Crippen LogP contribution in [-0.4, -0.2) is 54.2 Å². The SMILES string of the molecule is COCCNC(=O)CN1C(=O)CS[C@H](c2cccs2)c2c(C(C)(C)C)nn(-c3cccc(C)c3C)c21. The number of carbonyl (C=O) groups excluding carboxylic acids is 2. The summed E-state index contributed by atoms with van der Waals surface area (Å²) in [5, 5.41) is 10.0. The number of amides is 2. The molecule has 3 aromatic rings. The van der Waals surface area contributed by atoms with Crippen molar-refractivity contribution in [3.05, 3.63) is 63.0 Å². The normalized spacial score (nSPS) is 16.1. The van der Waals surface area contributed by atoms with E-state index in [4.69, 9.17) is 9.84 Å². The number of nitrogens with zero attached hydrogens (tertiary/aromatic N) is 3. The molecule has 7 nitrogen and oxygen atoms in total. The van der Waals surface area contributed by atoms with Gasteiger partial charge >= 0.3 is 0 Å². The number of methoxy groups -OCH3 is 1. The Labute approximate surface area is 221 Å². The van der Waals surface area contributed by atoms with Crippen LogP contribution in [0.4, 0.5) is 5.82 Å². The van der Waals surface area contributed by atoms with Crippen molar-refractivity contribution in [2.45, 2.75) is 45.3 Å². The van der Waals surface area contributed by atoms with E-state index in [9.17, 15) is 9.59 Å². The van der Waals surface area contributed by atoms with Crippen molar-refractivity contribution in [2.24, 2.45) is 0 Å². The fraction of sp³-hybridized carbons (Fsp3) is 0.444. The van der Waals surface area contributed by atoms with Crippen molar-refractivity contribution < 1.29 is 14.3 Å². The zero-order valence-corrected chi connectivity index (χ0v) is 23.4. The van der Waals surface area contributed by atoms with Crippen LogP contribution < -0.4 is 10.2 Å². The smallest absolute Gasteiger partial charge is 0.240 e. The lowest BCUT2D eigenvalue weighted by atomic mass is 9.88. The van der Waals surface area contributed by atoms with E-state index in [1.54, 1.807) is 35.1 Å². The second-order valence-corrected chi connectivity index (χ2v) is 12.1. The zero-order valence-electron chi connectivity index (χ0n) is 21.8. The van der Waals surface area contributed by atoms with Gasteiger partial charge in [0.2, 0.25) is 11.8 Å². The first-order chi connectivity index (χ1) is 17.1. The van der Waals surface area contributed by atoms with Crippen LogP contribution in [0, 0.1) is 13.8 Å². The molecule has 4 rings (SSSR count). The number of aryl methyl sites for hydroxylation is 1. The largest absolute Gasteiger partial charge is 0.383 e. The van der Waals surface area contributed by atoms with Gasteiger partial charge in [0.25, 0.3) is 0 Å². The van der Waals surface area contributed by atoms with Crippen LogP contribution in [0.2, 0.25) is 0 Å². The number of rotatable bonds is 7. The van der Waals surface area contributed by atoms with Crippen molar-refractivity contribution in [3.63, 3.8) is 0 Å². The van der Waals surface area contributed by atoms with E-state index >= 15 is 0 Å². The maximum atomic E-state index is 13.6. The topological polar surface area (TPSA) is 76.5 Å². The lowest BCUT2D eigenvalue weighted by Crippen LogP contribution is -2.43. The Balaban J connectivity index is 1.97. The Bertz CT molecular complexity index is 1240. The molecule has 2 aromatic heterocycles. The van der Waals surface area contributed by atoms with Gasteiger partial charge < -0.3 is 10.1 Å². The minimum atomic E-state index is -0.275. The molecule has 0 saturated heterocycles. The molecule has 0 spiro atoms. The molecule has 1 aromatic carbocycles. The van der Waals surface area contributed by atoms with E-state index in [1.165, 1.54) is 4.88 Å². The maximum Gasteiger partial charge on any atom is 0.240 e. The van der Waals surface area contributed by atoms with Crippen molar-refractivity contribution in [3.8, 4) is 5.69 Å². The van der Waals surface area contributed by atoms with E-state index in [0.717, 1.165) is 28.1 Å². The van der Waals surface area contributed by atoms with E-state index < -0.39 is 0 Å². The molecule has 0 unspecified atom stereocenters. The molecule has 0 bridgehead atoms. The minimum absolute atomic E-state index is 0.0569. The molecule has 36 heavy (non-hydrogen) atoms. The number of carbonyl (C=O) groups is 2. The predicted octanol–water partition coefficient (Wildman–Crippen LogP) is 4.78. The first kappa shape index (κ1) is 26.4. The third-order valence-electron chi connectivity index (χ3n) is 6.34. The number of anilines is 1. The fourth-order valence-corrected chi connectivity index (χ4v) is 6.54. The first-order valence-corrected chi connectivity index (χ1v) is 14.0. The summed E-state index contributed by atoms with van der Waals surface area (Å²) in [6.45, 7) is 11.3. The van der Waals surface area contributed by atoms with Gasteiger partial charge in [-0.2, -0.15) is 5.10 Å². The average molecular weight is 527 g/mol. The summed E-state index contributed by atoms with van der Waals surface area (Å²) < 4.78 is 6.96. The van der Waals surface area contributed by atoms with Crippen LogP contribution >= 0.6 is 23.1 Å². The summed E-state index contributed by atoms with van der Waals surface area (Å²) in [5.41, 5.74) is 4.81. The van der Waals surface area contributed by atoms with Crippen molar-refractivity contribution >= 4 is 40.7 Å². The number of thiophene rings is 1. The van der Waals surface area contributed by atoms with Crippen molar-refractivity contribution in [1.82, 2.24) is 15.1 Å². The number of ether oxygens (including phenoxy) is 1. The highest BCUT2D eigenvalue weighted by Crippen LogP contribution is 2.49. The highest BCUT2D eigenvalue weighted by molar-refractivity contribution is 8.00. The zero-order chi connectivity index (χ0) is 26.0. The van der Waals surface area contributed by atoms with Gasteiger partial charge in [-0.1, -0.05) is 39.0 Å². The Hall–Kier alpha value is -2.62. The van der Waals surface area contributed by atoms with Crippen LogP contribution in [0.15, 0.2) is 35.7 Å². The third-order valence-corrected chi connectivity index (χ3v) is 8.66. The highest BCUT2D eigenvalue weighted by Gasteiger charge is 2.40. The van der Waals surface area contributed by atoms with Crippen LogP contribution in [0.25, 0.3) is 5.69 Å². The molecule has 1 N–H and O–H groups in total. The van der Waals surface area contributed by atoms with Gasteiger partial charge in [0.05, 0.1) is 29.0 Å². The van der Waals surface area contributed by atoms with Crippen LogP contribution in [0.3, 0.4) is 0 Å². The molecule has 3 heterocycles. The minimum Gasteiger partial charge on any atom is -0.383 e. The number of hydrogen-bond acceptors (Lipinski definition) is 6. The molecular weight excluding hydrogens is 492 g/mol. The Kier molecular flexibility index (Phi) is 7.92. The molecule has 9 heteroatoms. The summed E-state index contributed by atoms with van der Waals surface area (Å²) in [6.07, 6.45) is 0. The van der Waals surface area contributed by atoms with Gasteiger partial charge in [-0.25, -0.2) is 4.68 Å². The van der Waals surface area contributed by atoms with E-state index in [1.807, 2.05) is 22.9 Å². The van der Waals surface area contributed by atoms with Crippen molar-refractivity contribution in [2.75, 3.05) is 37.5 Å². The molecule has 0 fully saturated rings. The molecule has 192 valence electrons. The predicted molar refractivity (Wildman–Crippen MR) is 148 cm³/mol. The molecule has 2 amide bonds. The van der Waals surface area contributed by atoms with Crippen LogP contribution in [0.5, 0.6) is 0 Å². The molecule has 0 saturated carbocycles. The van der Waals surface area contributed by atoms with Gasteiger partial charge in [-0.15, -0.1) is 23.1 Å². The Morgan fingerprint density at radius 3 is 2.67 bits per heavy atom. The number of hydrogen-bond donors (Lipinski definition) is 1. The number of aromatic nitrogens is 2. The lowest BCUT2D eigenvalue weighted by molar-refractivity contribution is -0.123. The van der Waals surface area contributed by atoms with E-state index in [-0.39, 0.29) is 34.8 Å².